The molecule has 1 rings (SSSR count). The number of nitrogens with zero attached hydrogens (tertiary/aromatic N) is 2. The number of β-amino-alcohol motifs (C(OH)–C–C–N with tert-alkyl or cyclic N) is 1. The van der Waals surface area contributed by atoms with Gasteiger partial charge in [0, 0.05) is 26.1 Å². The van der Waals surface area contributed by atoms with Crippen LogP contribution in [0.25, 0.3) is 0 Å². The summed E-state index contributed by atoms with van der Waals surface area (Å²) in [5.41, 5.74) is 0. The molecule has 0 aromatic rings. The minimum atomic E-state index is -1.11. The van der Waals surface area contributed by atoms with Crippen LogP contribution in [0.3, 0.4) is 0 Å². The molecular weight excluding hydrogens is 252 g/mol. The first-order chi connectivity index (χ1) is 9.01. The molecule has 0 unspecified atom stereocenters. The van der Waals surface area contributed by atoms with Crippen molar-refractivity contribution in [1.82, 2.24) is 9.80 Å². The number of likely N-dealkylation sites (tertiary alicyclic amines) is 1. The van der Waals surface area contributed by atoms with Crippen LogP contribution in [-0.2, 0) is 4.79 Å². The number of urea groups is 1. The van der Waals surface area contributed by atoms with Crippen LogP contribution >= 0.6 is 0 Å². The van der Waals surface area contributed by atoms with E-state index < -0.39 is 24.1 Å². The normalized spacial score (nSPS) is 22.6. The number of aliphatic hydroxyl groups excluding tert-OH is 2. The summed E-state index contributed by atoms with van der Waals surface area (Å²) in [7, 11) is 0. The Morgan fingerprint density at radius 1 is 1.37 bits per heavy atom. The van der Waals surface area contributed by atoms with Crippen molar-refractivity contribution in [3.8, 4) is 0 Å². The maximum Gasteiger partial charge on any atom is 0.326 e. The van der Waals surface area contributed by atoms with E-state index in [-0.39, 0.29) is 26.1 Å². The van der Waals surface area contributed by atoms with Gasteiger partial charge in [-0.05, 0) is 6.42 Å². The number of aliphatic hydroxyl groups is 2. The molecule has 0 aromatic carbocycles. The van der Waals surface area contributed by atoms with E-state index in [0.717, 1.165) is 12.8 Å². The zero-order chi connectivity index (χ0) is 14.4. The highest BCUT2D eigenvalue weighted by Crippen LogP contribution is 2.20. The van der Waals surface area contributed by atoms with Crippen molar-refractivity contribution in [2.45, 2.75) is 38.3 Å². The van der Waals surface area contributed by atoms with Gasteiger partial charge in [0.1, 0.15) is 6.04 Å². The van der Waals surface area contributed by atoms with Gasteiger partial charge in [-0.2, -0.15) is 0 Å². The largest absolute Gasteiger partial charge is 0.480 e. The fourth-order valence-corrected chi connectivity index (χ4v) is 2.21. The van der Waals surface area contributed by atoms with Crippen LogP contribution in [0.1, 0.15) is 26.2 Å². The lowest BCUT2D eigenvalue weighted by molar-refractivity contribution is -0.141. The third kappa shape index (κ3) is 4.07. The van der Waals surface area contributed by atoms with Crippen molar-refractivity contribution in [2.75, 3.05) is 26.2 Å². The molecule has 0 aromatic heterocycles. The Morgan fingerprint density at radius 3 is 2.58 bits per heavy atom. The molecule has 1 saturated heterocycles. The zero-order valence-electron chi connectivity index (χ0n) is 11.2. The van der Waals surface area contributed by atoms with Gasteiger partial charge in [-0.15, -0.1) is 0 Å². The lowest BCUT2D eigenvalue weighted by Gasteiger charge is -2.29. The Labute approximate surface area is 112 Å². The fraction of sp³-hybridized carbons (Fsp3) is 0.833. The number of unbranched alkanes of at least 4 members (excludes halogenated alkanes) is 1. The number of carbonyl (C=O) groups excluding carboxylic acids is 1. The quantitative estimate of drug-likeness (QED) is 0.618. The first-order valence-corrected chi connectivity index (χ1v) is 6.58. The Balaban J connectivity index is 2.73. The maximum absolute atomic E-state index is 12.3. The number of rotatable bonds is 6. The summed E-state index contributed by atoms with van der Waals surface area (Å²) in [6, 6.07) is -1.41. The fourth-order valence-electron chi connectivity index (χ4n) is 2.21. The van der Waals surface area contributed by atoms with Crippen LogP contribution in [0.4, 0.5) is 4.79 Å². The maximum atomic E-state index is 12.3. The van der Waals surface area contributed by atoms with E-state index in [0.29, 0.717) is 6.54 Å². The van der Waals surface area contributed by atoms with Crippen LogP contribution in [-0.4, -0.2) is 75.5 Å². The first kappa shape index (κ1) is 15.7. The number of carboxylic acid groups (broad SMARTS) is 1. The van der Waals surface area contributed by atoms with E-state index >= 15 is 0 Å². The molecule has 0 saturated carbocycles. The van der Waals surface area contributed by atoms with Gasteiger partial charge < -0.3 is 25.1 Å². The summed E-state index contributed by atoms with van der Waals surface area (Å²) in [4.78, 5) is 26.0. The molecule has 3 N–H and O–H groups in total. The predicted octanol–water partition coefficient (Wildman–Crippen LogP) is -0.279. The highest BCUT2D eigenvalue weighted by molar-refractivity contribution is 5.83. The molecule has 110 valence electrons. The zero-order valence-corrected chi connectivity index (χ0v) is 11.2. The summed E-state index contributed by atoms with van der Waals surface area (Å²) < 4.78 is 0. The molecule has 1 fully saturated rings. The van der Waals surface area contributed by atoms with Gasteiger partial charge in [0.2, 0.25) is 0 Å². The van der Waals surface area contributed by atoms with Gasteiger partial charge in [-0.3, -0.25) is 0 Å². The van der Waals surface area contributed by atoms with Crippen molar-refractivity contribution in [3.63, 3.8) is 0 Å². The average Bonchev–Trinajstić information content (AvgIpc) is 2.76. The van der Waals surface area contributed by atoms with E-state index in [9.17, 15) is 14.7 Å². The van der Waals surface area contributed by atoms with Gasteiger partial charge in [0.05, 0.1) is 12.7 Å². The van der Waals surface area contributed by atoms with Gasteiger partial charge in [-0.25, -0.2) is 9.59 Å². The molecular formula is C12H22N2O5. The molecule has 1 aliphatic heterocycles. The van der Waals surface area contributed by atoms with Crippen molar-refractivity contribution < 1.29 is 24.9 Å². The van der Waals surface area contributed by atoms with Crippen molar-refractivity contribution in [1.29, 1.82) is 0 Å². The first-order valence-electron chi connectivity index (χ1n) is 6.58. The van der Waals surface area contributed by atoms with E-state index in [1.807, 2.05) is 6.92 Å². The molecule has 7 heteroatoms. The van der Waals surface area contributed by atoms with E-state index in [1.54, 1.807) is 0 Å². The minimum Gasteiger partial charge on any atom is -0.480 e. The Kier molecular flexibility index (Phi) is 6.04. The Bertz CT molecular complexity index is 323. The summed E-state index contributed by atoms with van der Waals surface area (Å²) >= 11 is 0. The smallest absolute Gasteiger partial charge is 0.326 e. The third-order valence-electron chi connectivity index (χ3n) is 3.23. The third-order valence-corrected chi connectivity index (χ3v) is 3.23. The van der Waals surface area contributed by atoms with Crippen molar-refractivity contribution in [3.05, 3.63) is 0 Å². The lowest BCUT2D eigenvalue weighted by atomic mass is 10.2. The number of carbonyl (C=O) groups is 2. The topological polar surface area (TPSA) is 101 Å². The Morgan fingerprint density at radius 2 is 2.05 bits per heavy atom. The SMILES string of the molecule is CCCCN(CCO)C(=O)N1C[C@H](O)C[C@H]1C(=O)O. The minimum absolute atomic E-state index is 0.0316. The van der Waals surface area contributed by atoms with Crippen LogP contribution in [0.2, 0.25) is 0 Å². The highest BCUT2D eigenvalue weighted by atomic mass is 16.4. The molecule has 1 aliphatic rings. The second-order valence-corrected chi connectivity index (χ2v) is 4.74. The second kappa shape index (κ2) is 7.30. The predicted molar refractivity (Wildman–Crippen MR) is 67.7 cm³/mol. The monoisotopic (exact) mass is 274 g/mol. The van der Waals surface area contributed by atoms with E-state index in [4.69, 9.17) is 10.2 Å². The molecule has 0 radical (unpaired) electrons. The second-order valence-electron chi connectivity index (χ2n) is 4.74. The average molecular weight is 274 g/mol. The summed E-state index contributed by atoms with van der Waals surface area (Å²) in [6.07, 6.45) is 0.953. The highest BCUT2D eigenvalue weighted by Gasteiger charge is 2.40. The number of carboxylic acids is 1. The summed E-state index contributed by atoms with van der Waals surface area (Å²) in [5, 5.41) is 27.6. The molecule has 0 bridgehead atoms. The van der Waals surface area contributed by atoms with Crippen molar-refractivity contribution >= 4 is 12.0 Å². The van der Waals surface area contributed by atoms with Gasteiger partial charge in [-0.1, -0.05) is 13.3 Å². The van der Waals surface area contributed by atoms with E-state index in [2.05, 4.69) is 0 Å². The molecule has 19 heavy (non-hydrogen) atoms. The number of aliphatic carboxylic acids is 1. The lowest BCUT2D eigenvalue weighted by Crippen LogP contribution is -2.49. The number of amides is 2. The standard InChI is InChI=1S/C12H22N2O5/c1-2-3-4-13(5-6-15)12(19)14-8-9(16)7-10(14)11(17)18/h9-10,15-16H,2-8H2,1H3,(H,17,18)/t9-,10+/m1/s1. The summed E-state index contributed by atoms with van der Waals surface area (Å²) in [6.45, 7) is 2.52. The van der Waals surface area contributed by atoms with Gasteiger partial charge >= 0.3 is 12.0 Å². The van der Waals surface area contributed by atoms with Crippen molar-refractivity contribution in [2.24, 2.45) is 0 Å². The molecule has 2 atom stereocenters. The number of hydrogen-bond donors (Lipinski definition) is 3. The Hall–Kier alpha value is -1.34. The van der Waals surface area contributed by atoms with Crippen LogP contribution in [0.5, 0.6) is 0 Å². The molecule has 1 heterocycles. The summed E-state index contributed by atoms with van der Waals surface area (Å²) in [5.74, 6) is -1.11. The molecule has 7 nitrogen and oxygen atoms in total. The molecule has 0 aliphatic carbocycles. The van der Waals surface area contributed by atoms with E-state index in [1.165, 1.54) is 9.80 Å². The van der Waals surface area contributed by atoms with Crippen LogP contribution in [0.15, 0.2) is 0 Å². The molecule has 2 amide bonds. The van der Waals surface area contributed by atoms with Gasteiger partial charge in [0.25, 0.3) is 0 Å². The number of hydrogen-bond acceptors (Lipinski definition) is 4. The van der Waals surface area contributed by atoms with Crippen LogP contribution < -0.4 is 0 Å². The van der Waals surface area contributed by atoms with Crippen LogP contribution in [0, 0.1) is 0 Å². The van der Waals surface area contributed by atoms with Gasteiger partial charge in [0.15, 0.2) is 0 Å². The molecule has 0 spiro atoms.